The Balaban J connectivity index is 0.898. The summed E-state index contributed by atoms with van der Waals surface area (Å²) in [5, 5.41) is 2.57. The maximum atomic E-state index is 2.56. The van der Waals surface area contributed by atoms with Crippen LogP contribution in [0.4, 0.5) is 17.1 Å². The molecule has 2 bridgehead atoms. The lowest BCUT2D eigenvalue weighted by molar-refractivity contribution is -0.175. The SMILES string of the molecule is c1ccc(-c2cccc(-c3ccc(N(c4ccc(-c5cccc(-n6c7ccccc7c7ccccc76)c5)cc4)c4ccccc4C45C[C@@H]6CC7C[C@@H](C4)C76C5)cc3)c2)cc1. The number of fused-ring (bicyclic) bond motifs is 4. The fourth-order valence-electron chi connectivity index (χ4n) is 13.1. The van der Waals surface area contributed by atoms with E-state index < -0.39 is 0 Å². The predicted octanol–water partition coefficient (Wildman–Crippen LogP) is 15.3. The molecule has 13 rings (SSSR count). The zero-order chi connectivity index (χ0) is 39.4. The molecule has 2 heteroatoms. The predicted molar refractivity (Wildman–Crippen MR) is 249 cm³/mol. The van der Waals surface area contributed by atoms with Crippen LogP contribution in [0.1, 0.15) is 37.7 Å². The first kappa shape index (κ1) is 34.2. The minimum atomic E-state index is 0.278. The van der Waals surface area contributed by atoms with Crippen molar-refractivity contribution in [2.45, 2.75) is 37.5 Å². The Morgan fingerprint density at radius 2 is 0.917 bits per heavy atom. The number of rotatable bonds is 8. The zero-order valence-corrected chi connectivity index (χ0v) is 33.7. The first-order chi connectivity index (χ1) is 29.6. The van der Waals surface area contributed by atoms with Crippen LogP contribution in [0.2, 0.25) is 0 Å². The first-order valence-electron chi connectivity index (χ1n) is 22.0. The Bertz CT molecular complexity index is 3030. The van der Waals surface area contributed by atoms with Crippen LogP contribution >= 0.6 is 0 Å². The molecule has 4 aliphatic carbocycles. The second kappa shape index (κ2) is 12.9. The van der Waals surface area contributed by atoms with Gasteiger partial charge in [-0.1, -0.05) is 140 Å². The van der Waals surface area contributed by atoms with Crippen LogP contribution in [-0.4, -0.2) is 4.57 Å². The van der Waals surface area contributed by atoms with Crippen LogP contribution in [0.25, 0.3) is 60.9 Å². The minimum Gasteiger partial charge on any atom is -0.310 e. The molecule has 2 atom stereocenters. The molecule has 1 spiro atoms. The number of hydrogen-bond donors (Lipinski definition) is 0. The highest BCUT2D eigenvalue weighted by Crippen LogP contribution is 2.84. The molecule has 0 N–H and O–H groups in total. The van der Waals surface area contributed by atoms with E-state index in [1.165, 1.54) is 110 Å². The van der Waals surface area contributed by atoms with Crippen molar-refractivity contribution in [3.8, 4) is 39.1 Å². The molecule has 0 aliphatic heterocycles. The van der Waals surface area contributed by atoms with E-state index >= 15 is 0 Å². The molecule has 4 aliphatic rings. The van der Waals surface area contributed by atoms with Crippen molar-refractivity contribution in [1.82, 2.24) is 4.57 Å². The van der Waals surface area contributed by atoms with Crippen LogP contribution < -0.4 is 4.90 Å². The molecule has 8 aromatic carbocycles. The number of nitrogens with zero attached hydrogens (tertiary/aromatic N) is 2. The lowest BCUT2D eigenvalue weighted by Gasteiger charge is -2.66. The molecule has 9 aromatic rings. The smallest absolute Gasteiger partial charge is 0.0541 e. The molecule has 0 saturated heterocycles. The molecule has 4 fully saturated rings. The van der Waals surface area contributed by atoms with Crippen molar-refractivity contribution in [2.24, 2.45) is 23.2 Å². The topological polar surface area (TPSA) is 8.17 Å². The summed E-state index contributed by atoms with van der Waals surface area (Å²) in [5.74, 6) is 2.86. The Morgan fingerprint density at radius 3 is 1.52 bits per heavy atom. The van der Waals surface area contributed by atoms with Gasteiger partial charge < -0.3 is 9.47 Å². The summed E-state index contributed by atoms with van der Waals surface area (Å²) < 4.78 is 2.41. The van der Waals surface area contributed by atoms with E-state index in [9.17, 15) is 0 Å². The fraction of sp³-hybridized carbons (Fsp3) is 0.172. The normalized spacial score (nSPS) is 23.3. The lowest BCUT2D eigenvalue weighted by Crippen LogP contribution is -2.59. The second-order valence-electron chi connectivity index (χ2n) is 18.4. The minimum absolute atomic E-state index is 0.278. The Kier molecular flexibility index (Phi) is 7.38. The van der Waals surface area contributed by atoms with Crippen LogP contribution in [0, 0.1) is 23.2 Å². The van der Waals surface area contributed by atoms with E-state index in [2.05, 4.69) is 210 Å². The van der Waals surface area contributed by atoms with Gasteiger partial charge in [-0.25, -0.2) is 0 Å². The van der Waals surface area contributed by atoms with Crippen molar-refractivity contribution in [2.75, 3.05) is 4.90 Å². The van der Waals surface area contributed by atoms with Gasteiger partial charge in [-0.2, -0.15) is 0 Å². The quantitative estimate of drug-likeness (QED) is 0.149. The Hall–Kier alpha value is -6.64. The highest BCUT2D eigenvalue weighted by Gasteiger charge is 2.77. The van der Waals surface area contributed by atoms with E-state index in [1.54, 1.807) is 5.56 Å². The van der Waals surface area contributed by atoms with Crippen molar-refractivity contribution in [3.05, 3.63) is 206 Å². The molecule has 60 heavy (non-hydrogen) atoms. The van der Waals surface area contributed by atoms with E-state index in [4.69, 9.17) is 0 Å². The maximum Gasteiger partial charge on any atom is 0.0541 e. The molecule has 0 radical (unpaired) electrons. The molecule has 1 aromatic heterocycles. The fourth-order valence-corrected chi connectivity index (χ4v) is 13.1. The second-order valence-corrected chi connectivity index (χ2v) is 18.4. The maximum absolute atomic E-state index is 2.56. The van der Waals surface area contributed by atoms with Crippen molar-refractivity contribution in [3.63, 3.8) is 0 Å². The van der Waals surface area contributed by atoms with Gasteiger partial charge in [0.25, 0.3) is 0 Å². The third kappa shape index (κ3) is 4.94. The van der Waals surface area contributed by atoms with Gasteiger partial charge in [0.2, 0.25) is 0 Å². The summed E-state index contributed by atoms with van der Waals surface area (Å²) >= 11 is 0. The number of aromatic nitrogens is 1. The van der Waals surface area contributed by atoms with Crippen LogP contribution in [0.5, 0.6) is 0 Å². The number of benzene rings is 8. The third-order valence-corrected chi connectivity index (χ3v) is 15.6. The van der Waals surface area contributed by atoms with E-state index in [0.717, 1.165) is 17.8 Å². The van der Waals surface area contributed by atoms with Crippen molar-refractivity contribution < 1.29 is 0 Å². The lowest BCUT2D eigenvalue weighted by atomic mass is 9.38. The molecule has 0 amide bonds. The molecule has 2 nitrogen and oxygen atoms in total. The summed E-state index contributed by atoms with van der Waals surface area (Å²) in [6.45, 7) is 0. The third-order valence-electron chi connectivity index (χ3n) is 15.6. The highest BCUT2D eigenvalue weighted by molar-refractivity contribution is 6.09. The Morgan fingerprint density at radius 1 is 0.417 bits per heavy atom. The number of anilines is 3. The average molecular weight is 771 g/mol. The molecular formula is C58H46N2. The van der Waals surface area contributed by atoms with Crippen LogP contribution in [0.15, 0.2) is 200 Å². The molecule has 0 unspecified atom stereocenters. The van der Waals surface area contributed by atoms with Gasteiger partial charge in [-0.15, -0.1) is 0 Å². The van der Waals surface area contributed by atoms with E-state index in [0.29, 0.717) is 5.41 Å². The molecular weight excluding hydrogens is 725 g/mol. The zero-order valence-electron chi connectivity index (χ0n) is 33.7. The van der Waals surface area contributed by atoms with Gasteiger partial charge in [0.1, 0.15) is 0 Å². The van der Waals surface area contributed by atoms with Crippen LogP contribution in [0.3, 0.4) is 0 Å². The summed E-state index contributed by atoms with van der Waals surface area (Å²) in [4.78, 5) is 2.56. The summed E-state index contributed by atoms with van der Waals surface area (Å²) in [6.07, 6.45) is 7.06. The average Bonchev–Trinajstić information content (AvgIpc) is 3.93. The number of hydrogen-bond acceptors (Lipinski definition) is 1. The van der Waals surface area contributed by atoms with Gasteiger partial charge in [0.15, 0.2) is 0 Å². The van der Waals surface area contributed by atoms with Gasteiger partial charge in [-0.05, 0) is 160 Å². The van der Waals surface area contributed by atoms with E-state index in [1.807, 2.05) is 0 Å². The standard InChI is InChI=1S/C58H46N2/c1-2-12-39(13-3-1)42-14-10-15-43(32-42)40-24-28-48(29-25-40)59(56-23-9-6-20-53(56)57-36-46-34-45-35-47(37-57)58(45,46)38-57)49-30-26-41(27-31-49)44-16-11-17-50(33-44)60-54-21-7-4-18-51(54)52-19-5-8-22-55(52)60/h1-33,45-47H,34-38H2/t45?,46-,47-,57?,58?/m0/s1. The molecule has 4 saturated carbocycles. The molecule has 288 valence electrons. The van der Waals surface area contributed by atoms with Crippen molar-refractivity contribution >= 4 is 38.9 Å². The monoisotopic (exact) mass is 770 g/mol. The van der Waals surface area contributed by atoms with Crippen molar-refractivity contribution in [1.29, 1.82) is 0 Å². The summed E-state index contributed by atoms with van der Waals surface area (Å²) in [7, 11) is 0. The first-order valence-corrected chi connectivity index (χ1v) is 22.0. The summed E-state index contributed by atoms with van der Waals surface area (Å²) in [6, 6.07) is 74.3. The molecule has 1 heterocycles. The van der Waals surface area contributed by atoms with Gasteiger partial charge in [0.05, 0.1) is 11.0 Å². The number of para-hydroxylation sites is 3. The van der Waals surface area contributed by atoms with E-state index in [-0.39, 0.29) is 5.41 Å². The van der Waals surface area contributed by atoms with Gasteiger partial charge in [-0.3, -0.25) is 0 Å². The van der Waals surface area contributed by atoms with Crippen LogP contribution in [-0.2, 0) is 5.41 Å². The largest absolute Gasteiger partial charge is 0.310 e. The highest BCUT2D eigenvalue weighted by atomic mass is 15.1. The summed E-state index contributed by atoms with van der Waals surface area (Å²) in [5.41, 5.74) is 17.2. The van der Waals surface area contributed by atoms with Gasteiger partial charge in [0, 0.05) is 33.5 Å². The Labute approximate surface area is 352 Å². The van der Waals surface area contributed by atoms with Gasteiger partial charge >= 0.3 is 0 Å².